The first kappa shape index (κ1) is 19.6. The van der Waals surface area contributed by atoms with E-state index in [1.54, 1.807) is 42.6 Å². The minimum atomic E-state index is -0.647. The molecule has 2 aromatic rings. The first-order valence-electron chi connectivity index (χ1n) is 7.90. The molecule has 0 bridgehead atoms. The van der Waals surface area contributed by atoms with Crippen LogP contribution in [0.25, 0.3) is 0 Å². The zero-order valence-electron chi connectivity index (χ0n) is 14.5. The van der Waals surface area contributed by atoms with E-state index in [9.17, 15) is 14.4 Å². The summed E-state index contributed by atoms with van der Waals surface area (Å²) < 4.78 is 9.91. The van der Waals surface area contributed by atoms with Crippen LogP contribution in [0.5, 0.6) is 0 Å². The lowest BCUT2D eigenvalue weighted by molar-refractivity contribution is -0.125. The second-order valence-corrected chi connectivity index (χ2v) is 6.46. The van der Waals surface area contributed by atoms with Gasteiger partial charge in [0.25, 0.3) is 11.8 Å². The quantitative estimate of drug-likeness (QED) is 0.690. The number of rotatable bonds is 8. The average molecular weight is 376 g/mol. The smallest absolute Gasteiger partial charge is 0.338 e. The Labute approximate surface area is 155 Å². The maximum atomic E-state index is 12.1. The number of benzene rings is 1. The van der Waals surface area contributed by atoms with Crippen molar-refractivity contribution in [2.24, 2.45) is 0 Å². The molecule has 0 radical (unpaired) electrons. The maximum Gasteiger partial charge on any atom is 0.338 e. The van der Waals surface area contributed by atoms with Gasteiger partial charge in [-0.05, 0) is 36.6 Å². The molecule has 0 fully saturated rings. The van der Waals surface area contributed by atoms with E-state index in [0.717, 1.165) is 0 Å². The number of esters is 1. The normalized spacial score (nSPS) is 11.5. The second-order valence-electron chi connectivity index (χ2n) is 5.51. The molecule has 0 saturated carbocycles. The van der Waals surface area contributed by atoms with Crippen LogP contribution in [0, 0.1) is 0 Å². The number of nitrogens with one attached hydrogen (secondary N) is 2. The molecule has 0 aliphatic carbocycles. The Morgan fingerprint density at radius 2 is 2.00 bits per heavy atom. The van der Waals surface area contributed by atoms with Gasteiger partial charge in [0.2, 0.25) is 0 Å². The third-order valence-electron chi connectivity index (χ3n) is 3.26. The molecule has 0 aliphatic heterocycles. The largest absolute Gasteiger partial charge is 0.452 e. The van der Waals surface area contributed by atoms with Gasteiger partial charge in [-0.3, -0.25) is 9.59 Å². The zero-order chi connectivity index (χ0) is 18.9. The zero-order valence-corrected chi connectivity index (χ0v) is 15.3. The standard InChI is InChI=1S/C18H20N2O5S/c1-12(10-24-2)19-16(21)11-25-18(23)13-5-3-6-14(9-13)20-17(22)15-7-4-8-26-15/h3-9,12H,10-11H2,1-2H3,(H,19,21)(H,20,22). The van der Waals surface area contributed by atoms with Crippen molar-refractivity contribution in [1.29, 1.82) is 0 Å². The van der Waals surface area contributed by atoms with Gasteiger partial charge in [-0.2, -0.15) is 0 Å². The lowest BCUT2D eigenvalue weighted by atomic mass is 10.2. The van der Waals surface area contributed by atoms with E-state index in [1.165, 1.54) is 24.5 Å². The molecular weight excluding hydrogens is 356 g/mol. The fourth-order valence-corrected chi connectivity index (χ4v) is 2.77. The molecule has 1 unspecified atom stereocenters. The predicted molar refractivity (Wildman–Crippen MR) is 98.5 cm³/mol. The molecule has 1 atom stereocenters. The molecule has 138 valence electrons. The van der Waals surface area contributed by atoms with Crippen molar-refractivity contribution in [2.45, 2.75) is 13.0 Å². The Hall–Kier alpha value is -2.71. The van der Waals surface area contributed by atoms with Crippen LogP contribution in [-0.4, -0.2) is 44.1 Å². The lowest BCUT2D eigenvalue weighted by Gasteiger charge is -2.13. The number of carbonyl (C=O) groups is 3. The van der Waals surface area contributed by atoms with E-state index in [0.29, 0.717) is 17.2 Å². The second kappa shape index (κ2) is 9.69. The highest BCUT2D eigenvalue weighted by Crippen LogP contribution is 2.15. The third-order valence-corrected chi connectivity index (χ3v) is 4.13. The van der Waals surface area contributed by atoms with Gasteiger partial charge >= 0.3 is 5.97 Å². The first-order chi connectivity index (χ1) is 12.5. The topological polar surface area (TPSA) is 93.7 Å². The van der Waals surface area contributed by atoms with Crippen LogP contribution in [0.4, 0.5) is 5.69 Å². The molecule has 7 nitrogen and oxygen atoms in total. The van der Waals surface area contributed by atoms with Crippen LogP contribution in [0.1, 0.15) is 27.0 Å². The fraction of sp³-hybridized carbons (Fsp3) is 0.278. The van der Waals surface area contributed by atoms with Crippen LogP contribution in [0.2, 0.25) is 0 Å². The molecule has 26 heavy (non-hydrogen) atoms. The van der Waals surface area contributed by atoms with E-state index in [4.69, 9.17) is 9.47 Å². The van der Waals surface area contributed by atoms with Crippen LogP contribution in [-0.2, 0) is 14.3 Å². The van der Waals surface area contributed by atoms with Crippen molar-refractivity contribution in [3.8, 4) is 0 Å². The predicted octanol–water partition coefficient (Wildman–Crippen LogP) is 2.31. The molecule has 2 N–H and O–H groups in total. The summed E-state index contributed by atoms with van der Waals surface area (Å²) in [5.74, 6) is -1.31. The van der Waals surface area contributed by atoms with Crippen molar-refractivity contribution in [1.82, 2.24) is 5.32 Å². The Morgan fingerprint density at radius 3 is 2.69 bits per heavy atom. The number of methoxy groups -OCH3 is 1. The van der Waals surface area contributed by atoms with Crippen LogP contribution < -0.4 is 10.6 Å². The van der Waals surface area contributed by atoms with E-state index in [1.807, 2.05) is 0 Å². The average Bonchev–Trinajstić information content (AvgIpc) is 3.15. The number of anilines is 1. The van der Waals surface area contributed by atoms with Gasteiger partial charge in [0.1, 0.15) is 0 Å². The van der Waals surface area contributed by atoms with E-state index < -0.39 is 18.5 Å². The van der Waals surface area contributed by atoms with Gasteiger partial charge in [0, 0.05) is 18.8 Å². The fourth-order valence-electron chi connectivity index (χ4n) is 2.15. The van der Waals surface area contributed by atoms with Crippen LogP contribution >= 0.6 is 11.3 Å². The summed E-state index contributed by atoms with van der Waals surface area (Å²) in [5, 5.41) is 7.17. The molecule has 1 aromatic heterocycles. The van der Waals surface area contributed by atoms with E-state index in [-0.39, 0.29) is 17.5 Å². The highest BCUT2D eigenvalue weighted by molar-refractivity contribution is 7.12. The molecule has 0 saturated heterocycles. The molecule has 0 aliphatic rings. The Morgan fingerprint density at radius 1 is 1.19 bits per heavy atom. The van der Waals surface area contributed by atoms with Crippen molar-refractivity contribution in [3.05, 3.63) is 52.2 Å². The third kappa shape index (κ3) is 5.98. The van der Waals surface area contributed by atoms with Crippen molar-refractivity contribution in [2.75, 3.05) is 25.6 Å². The minimum Gasteiger partial charge on any atom is -0.452 e. The molecule has 2 amide bonds. The highest BCUT2D eigenvalue weighted by Gasteiger charge is 2.13. The Kier molecular flexibility index (Phi) is 7.31. The van der Waals surface area contributed by atoms with Crippen LogP contribution in [0.15, 0.2) is 41.8 Å². The lowest BCUT2D eigenvalue weighted by Crippen LogP contribution is -2.38. The summed E-state index contributed by atoms with van der Waals surface area (Å²) in [7, 11) is 1.53. The van der Waals surface area contributed by atoms with Gasteiger partial charge in [-0.25, -0.2) is 4.79 Å². The molecule has 1 heterocycles. The van der Waals surface area contributed by atoms with Crippen molar-refractivity contribution in [3.63, 3.8) is 0 Å². The molecule has 8 heteroatoms. The van der Waals surface area contributed by atoms with E-state index >= 15 is 0 Å². The summed E-state index contributed by atoms with van der Waals surface area (Å²) in [6, 6.07) is 9.66. The highest BCUT2D eigenvalue weighted by atomic mass is 32.1. The number of hydrogen-bond acceptors (Lipinski definition) is 6. The molecule has 0 spiro atoms. The number of hydrogen-bond donors (Lipinski definition) is 2. The summed E-state index contributed by atoms with van der Waals surface area (Å²) in [6.07, 6.45) is 0. The van der Waals surface area contributed by atoms with Crippen molar-refractivity contribution < 1.29 is 23.9 Å². The minimum absolute atomic E-state index is 0.179. The van der Waals surface area contributed by atoms with Gasteiger partial charge in [-0.1, -0.05) is 12.1 Å². The molecule has 1 aromatic carbocycles. The summed E-state index contributed by atoms with van der Waals surface area (Å²) in [4.78, 5) is 36.4. The van der Waals surface area contributed by atoms with Gasteiger partial charge in [0.15, 0.2) is 6.61 Å². The van der Waals surface area contributed by atoms with Gasteiger partial charge in [-0.15, -0.1) is 11.3 Å². The summed E-state index contributed by atoms with van der Waals surface area (Å²) >= 11 is 1.32. The molecular formula is C18H20N2O5S. The number of thiophene rings is 1. The van der Waals surface area contributed by atoms with E-state index in [2.05, 4.69) is 10.6 Å². The number of amides is 2. The summed E-state index contributed by atoms with van der Waals surface area (Å²) in [5.41, 5.74) is 0.711. The first-order valence-corrected chi connectivity index (χ1v) is 8.78. The monoisotopic (exact) mass is 376 g/mol. The van der Waals surface area contributed by atoms with Gasteiger partial charge < -0.3 is 20.1 Å². The van der Waals surface area contributed by atoms with Gasteiger partial charge in [0.05, 0.1) is 17.0 Å². The maximum absolute atomic E-state index is 12.1. The molecule has 2 rings (SSSR count). The van der Waals surface area contributed by atoms with Crippen molar-refractivity contribution >= 4 is 34.8 Å². The summed E-state index contributed by atoms with van der Waals surface area (Å²) in [6.45, 7) is 1.76. The number of ether oxygens (including phenoxy) is 2. The number of carbonyl (C=O) groups excluding carboxylic acids is 3. The Bertz CT molecular complexity index is 761. The SMILES string of the molecule is COCC(C)NC(=O)COC(=O)c1cccc(NC(=O)c2cccs2)c1. The Balaban J connectivity index is 1.89. The van der Waals surface area contributed by atoms with Crippen LogP contribution in [0.3, 0.4) is 0 Å².